The number of aromatic nitrogens is 2. The minimum absolute atomic E-state index is 0.293. The normalized spacial score (nSPS) is 13.4. The number of nitrogens with one attached hydrogen (secondary N) is 1. The van der Waals surface area contributed by atoms with Gasteiger partial charge in [-0.1, -0.05) is 12.1 Å². The second-order valence-corrected chi connectivity index (χ2v) is 4.50. The van der Waals surface area contributed by atoms with E-state index >= 15 is 0 Å². The number of hydrazine groups is 1. The summed E-state index contributed by atoms with van der Waals surface area (Å²) in [6, 6.07) is 4.67. The molecule has 1 unspecified atom stereocenters. The largest absolute Gasteiger partial charge is 0.416 e. The Bertz CT molecular complexity index is 560. The molecule has 0 amide bonds. The van der Waals surface area contributed by atoms with Gasteiger partial charge in [-0.2, -0.15) is 13.2 Å². The van der Waals surface area contributed by atoms with E-state index in [1.54, 1.807) is 12.4 Å². The molecule has 2 rings (SSSR count). The standard InChI is InChI=1S/C13H15F3N4/c1-20-7-6-18-12(20)8-11(19-17)9-2-4-10(5-3-9)13(14,15)16/h2-7,11,19H,8,17H2,1H3. The quantitative estimate of drug-likeness (QED) is 0.668. The van der Waals surface area contributed by atoms with Crippen LogP contribution in [0.1, 0.15) is 23.0 Å². The highest BCUT2D eigenvalue weighted by Gasteiger charge is 2.30. The fourth-order valence-electron chi connectivity index (χ4n) is 1.95. The van der Waals surface area contributed by atoms with Gasteiger partial charge in [0.2, 0.25) is 0 Å². The van der Waals surface area contributed by atoms with Crippen LogP contribution in [0.4, 0.5) is 13.2 Å². The van der Waals surface area contributed by atoms with Crippen LogP contribution in [0.5, 0.6) is 0 Å². The highest BCUT2D eigenvalue weighted by atomic mass is 19.4. The Kier molecular flexibility index (Phi) is 4.10. The van der Waals surface area contributed by atoms with Crippen molar-refractivity contribution in [3.63, 3.8) is 0 Å². The number of hydrogen-bond donors (Lipinski definition) is 2. The lowest BCUT2D eigenvalue weighted by molar-refractivity contribution is -0.137. The predicted octanol–water partition coefficient (Wildman–Crippen LogP) is 2.19. The van der Waals surface area contributed by atoms with Crippen molar-refractivity contribution in [2.24, 2.45) is 12.9 Å². The molecule has 7 heteroatoms. The monoisotopic (exact) mass is 284 g/mol. The molecule has 4 nitrogen and oxygen atoms in total. The summed E-state index contributed by atoms with van der Waals surface area (Å²) < 4.78 is 39.4. The van der Waals surface area contributed by atoms with Crippen LogP contribution in [0.2, 0.25) is 0 Å². The lowest BCUT2D eigenvalue weighted by atomic mass is 10.0. The molecule has 0 radical (unpaired) electrons. The van der Waals surface area contributed by atoms with Crippen molar-refractivity contribution in [3.8, 4) is 0 Å². The van der Waals surface area contributed by atoms with Crippen LogP contribution in [0, 0.1) is 0 Å². The lowest BCUT2D eigenvalue weighted by Crippen LogP contribution is -2.30. The lowest BCUT2D eigenvalue weighted by Gasteiger charge is -2.17. The zero-order valence-corrected chi connectivity index (χ0v) is 10.9. The Balaban J connectivity index is 2.18. The molecule has 2 aromatic rings. The molecular formula is C13H15F3N4. The van der Waals surface area contributed by atoms with Gasteiger partial charge < -0.3 is 4.57 Å². The molecule has 0 aliphatic rings. The predicted molar refractivity (Wildman–Crippen MR) is 68.4 cm³/mol. The van der Waals surface area contributed by atoms with Crippen LogP contribution >= 0.6 is 0 Å². The van der Waals surface area contributed by atoms with E-state index in [9.17, 15) is 13.2 Å². The van der Waals surface area contributed by atoms with Gasteiger partial charge in [-0.15, -0.1) is 0 Å². The summed E-state index contributed by atoms with van der Waals surface area (Å²) in [4.78, 5) is 4.17. The summed E-state index contributed by atoms with van der Waals surface area (Å²) in [6.07, 6.45) is -0.374. The molecule has 0 saturated carbocycles. The molecule has 0 aliphatic heterocycles. The minimum Gasteiger partial charge on any atom is -0.338 e. The molecule has 1 heterocycles. The fraction of sp³-hybridized carbons (Fsp3) is 0.308. The number of halogens is 3. The molecule has 3 N–H and O–H groups in total. The Morgan fingerprint density at radius 1 is 1.30 bits per heavy atom. The Morgan fingerprint density at radius 2 is 1.95 bits per heavy atom. The van der Waals surface area contributed by atoms with Gasteiger partial charge in [0.05, 0.1) is 11.6 Å². The van der Waals surface area contributed by atoms with Crippen LogP contribution in [-0.2, 0) is 19.6 Å². The van der Waals surface area contributed by atoms with Gasteiger partial charge in [-0.25, -0.2) is 4.98 Å². The number of aryl methyl sites for hydroxylation is 1. The number of nitrogens with two attached hydrogens (primary N) is 1. The van der Waals surface area contributed by atoms with E-state index in [0.29, 0.717) is 12.0 Å². The molecule has 1 aromatic heterocycles. The van der Waals surface area contributed by atoms with Gasteiger partial charge in [0, 0.05) is 25.9 Å². The van der Waals surface area contributed by atoms with Crippen LogP contribution in [-0.4, -0.2) is 9.55 Å². The molecule has 0 fully saturated rings. The Morgan fingerprint density at radius 3 is 2.40 bits per heavy atom. The zero-order chi connectivity index (χ0) is 14.8. The third kappa shape index (κ3) is 3.17. The zero-order valence-electron chi connectivity index (χ0n) is 10.9. The summed E-state index contributed by atoms with van der Waals surface area (Å²) in [5.74, 6) is 6.28. The van der Waals surface area contributed by atoms with Crippen molar-refractivity contribution in [3.05, 3.63) is 53.6 Å². The maximum absolute atomic E-state index is 12.5. The van der Waals surface area contributed by atoms with Crippen molar-refractivity contribution in [2.75, 3.05) is 0 Å². The number of nitrogens with zero attached hydrogens (tertiary/aromatic N) is 2. The first-order valence-corrected chi connectivity index (χ1v) is 6.01. The van der Waals surface area contributed by atoms with Gasteiger partial charge in [0.1, 0.15) is 5.82 Å². The first-order valence-electron chi connectivity index (χ1n) is 6.01. The van der Waals surface area contributed by atoms with E-state index in [2.05, 4.69) is 10.4 Å². The molecule has 108 valence electrons. The van der Waals surface area contributed by atoms with Crippen LogP contribution in [0.25, 0.3) is 0 Å². The maximum Gasteiger partial charge on any atom is 0.416 e. The fourth-order valence-corrected chi connectivity index (χ4v) is 1.95. The first kappa shape index (κ1) is 14.5. The van der Waals surface area contributed by atoms with E-state index in [1.807, 2.05) is 11.6 Å². The molecule has 0 spiro atoms. The first-order chi connectivity index (χ1) is 9.41. The molecule has 20 heavy (non-hydrogen) atoms. The summed E-state index contributed by atoms with van der Waals surface area (Å²) in [5.41, 5.74) is 2.62. The summed E-state index contributed by atoms with van der Waals surface area (Å²) in [6.45, 7) is 0. The summed E-state index contributed by atoms with van der Waals surface area (Å²) in [5, 5.41) is 0. The van der Waals surface area contributed by atoms with Crippen molar-refractivity contribution < 1.29 is 13.2 Å². The second-order valence-electron chi connectivity index (χ2n) is 4.50. The highest BCUT2D eigenvalue weighted by molar-refractivity contribution is 5.27. The third-order valence-electron chi connectivity index (χ3n) is 3.15. The number of benzene rings is 1. The van der Waals surface area contributed by atoms with E-state index in [1.165, 1.54) is 12.1 Å². The molecule has 0 saturated heterocycles. The Hall–Kier alpha value is -1.86. The average molecular weight is 284 g/mol. The van der Waals surface area contributed by atoms with Crippen molar-refractivity contribution in [2.45, 2.75) is 18.6 Å². The van der Waals surface area contributed by atoms with Crippen molar-refractivity contribution in [1.82, 2.24) is 15.0 Å². The van der Waals surface area contributed by atoms with Gasteiger partial charge in [0.15, 0.2) is 0 Å². The molecule has 1 atom stereocenters. The van der Waals surface area contributed by atoms with E-state index < -0.39 is 11.7 Å². The molecule has 1 aromatic carbocycles. The summed E-state index contributed by atoms with van der Waals surface area (Å²) >= 11 is 0. The molecular weight excluding hydrogens is 269 g/mol. The summed E-state index contributed by atoms with van der Waals surface area (Å²) in [7, 11) is 1.85. The number of hydrogen-bond acceptors (Lipinski definition) is 3. The van der Waals surface area contributed by atoms with E-state index in [4.69, 9.17) is 5.84 Å². The van der Waals surface area contributed by atoms with Crippen LogP contribution in [0.3, 0.4) is 0 Å². The average Bonchev–Trinajstić information content (AvgIpc) is 2.80. The second kappa shape index (κ2) is 5.64. The number of rotatable bonds is 4. The number of imidazole rings is 1. The van der Waals surface area contributed by atoms with Gasteiger partial charge >= 0.3 is 6.18 Å². The van der Waals surface area contributed by atoms with E-state index in [-0.39, 0.29) is 6.04 Å². The Labute approximate surface area is 114 Å². The SMILES string of the molecule is Cn1ccnc1CC(NN)c1ccc(C(F)(F)F)cc1. The maximum atomic E-state index is 12.5. The minimum atomic E-state index is -4.33. The third-order valence-corrected chi connectivity index (χ3v) is 3.15. The van der Waals surface area contributed by atoms with Crippen LogP contribution < -0.4 is 11.3 Å². The van der Waals surface area contributed by atoms with Crippen molar-refractivity contribution >= 4 is 0 Å². The van der Waals surface area contributed by atoms with Crippen LogP contribution in [0.15, 0.2) is 36.7 Å². The smallest absolute Gasteiger partial charge is 0.338 e. The van der Waals surface area contributed by atoms with E-state index in [0.717, 1.165) is 18.0 Å². The highest BCUT2D eigenvalue weighted by Crippen LogP contribution is 2.30. The molecule has 0 aliphatic carbocycles. The molecule has 0 bridgehead atoms. The van der Waals surface area contributed by atoms with Gasteiger partial charge in [-0.05, 0) is 17.7 Å². The van der Waals surface area contributed by atoms with Gasteiger partial charge in [-0.3, -0.25) is 11.3 Å². The topological polar surface area (TPSA) is 55.9 Å². The number of alkyl halides is 3. The van der Waals surface area contributed by atoms with Gasteiger partial charge in [0.25, 0.3) is 0 Å². The van der Waals surface area contributed by atoms with Crippen molar-refractivity contribution in [1.29, 1.82) is 0 Å².